The molecule has 3 rings (SSSR count). The van der Waals surface area contributed by atoms with Crippen molar-refractivity contribution in [3.63, 3.8) is 0 Å². The Balaban J connectivity index is 1.92. The highest BCUT2D eigenvalue weighted by Crippen LogP contribution is 2.19. The number of aromatic nitrogens is 4. The Labute approximate surface area is 123 Å². The highest BCUT2D eigenvalue weighted by atomic mass is 15.3. The molecule has 1 aromatic carbocycles. The summed E-state index contributed by atoms with van der Waals surface area (Å²) < 4.78 is 1.75. The number of benzene rings is 1. The maximum Gasteiger partial charge on any atom is 0.157 e. The monoisotopic (exact) mass is 279 g/mol. The molecule has 0 aliphatic heterocycles. The molecule has 0 bridgehead atoms. The Morgan fingerprint density at radius 1 is 1.14 bits per heavy atom. The van der Waals surface area contributed by atoms with Crippen molar-refractivity contribution in [1.29, 1.82) is 0 Å². The number of nitrogens with two attached hydrogens (primary N) is 1. The zero-order valence-electron chi connectivity index (χ0n) is 11.9. The maximum absolute atomic E-state index is 5.57. The van der Waals surface area contributed by atoms with E-state index in [0.29, 0.717) is 6.54 Å². The predicted molar refractivity (Wildman–Crippen MR) is 82.1 cm³/mol. The summed E-state index contributed by atoms with van der Waals surface area (Å²) in [5.41, 5.74) is 9.84. The van der Waals surface area contributed by atoms with Crippen molar-refractivity contribution in [2.24, 2.45) is 5.73 Å². The molecule has 0 unspecified atom stereocenters. The Kier molecular flexibility index (Phi) is 3.75. The van der Waals surface area contributed by atoms with Crippen LogP contribution in [0.1, 0.15) is 11.1 Å². The molecule has 0 spiro atoms. The lowest BCUT2D eigenvalue weighted by Crippen LogP contribution is -2.02. The van der Waals surface area contributed by atoms with Crippen molar-refractivity contribution in [3.8, 4) is 17.1 Å². The molecule has 0 atom stereocenters. The molecule has 0 fully saturated rings. The van der Waals surface area contributed by atoms with Crippen molar-refractivity contribution < 1.29 is 0 Å². The molecule has 0 aliphatic rings. The maximum atomic E-state index is 5.57. The van der Waals surface area contributed by atoms with E-state index >= 15 is 0 Å². The van der Waals surface area contributed by atoms with E-state index in [4.69, 9.17) is 5.73 Å². The third kappa shape index (κ3) is 2.98. The van der Waals surface area contributed by atoms with Gasteiger partial charge in [0.15, 0.2) is 5.82 Å². The molecule has 0 amide bonds. The Morgan fingerprint density at radius 3 is 2.62 bits per heavy atom. The minimum atomic E-state index is 0.662. The van der Waals surface area contributed by atoms with Gasteiger partial charge in [0.1, 0.15) is 6.33 Å². The molecule has 0 radical (unpaired) electrons. The third-order valence-electron chi connectivity index (χ3n) is 3.28. The Hall–Kier alpha value is -2.53. The number of aryl methyl sites for hydroxylation is 1. The second-order valence-corrected chi connectivity index (χ2v) is 4.96. The summed E-state index contributed by atoms with van der Waals surface area (Å²) >= 11 is 0. The van der Waals surface area contributed by atoms with E-state index in [9.17, 15) is 0 Å². The smallest absolute Gasteiger partial charge is 0.157 e. The van der Waals surface area contributed by atoms with E-state index in [1.807, 2.05) is 25.4 Å². The second kappa shape index (κ2) is 5.85. The average molecular weight is 279 g/mol. The van der Waals surface area contributed by atoms with E-state index < -0.39 is 0 Å². The standard InChI is InChI=1S/C16H17N5/c1-12-9-20-21(10-12)16-8-15(18-11-19-16)14-4-2-13(3-5-14)6-7-17/h2-5,8-11H,6-7,17H2,1H3. The van der Waals surface area contributed by atoms with Crippen molar-refractivity contribution in [2.75, 3.05) is 6.54 Å². The lowest BCUT2D eigenvalue weighted by molar-refractivity contribution is 0.840. The van der Waals surface area contributed by atoms with Gasteiger partial charge >= 0.3 is 0 Å². The van der Waals surface area contributed by atoms with Crippen molar-refractivity contribution >= 4 is 0 Å². The molecule has 0 saturated carbocycles. The van der Waals surface area contributed by atoms with Crippen LogP contribution >= 0.6 is 0 Å². The summed E-state index contributed by atoms with van der Waals surface area (Å²) in [6, 6.07) is 10.2. The van der Waals surface area contributed by atoms with Crippen LogP contribution in [0.25, 0.3) is 17.1 Å². The zero-order valence-corrected chi connectivity index (χ0v) is 11.9. The lowest BCUT2D eigenvalue weighted by Gasteiger charge is -2.05. The van der Waals surface area contributed by atoms with Crippen LogP contribution in [0, 0.1) is 6.92 Å². The zero-order chi connectivity index (χ0) is 14.7. The predicted octanol–water partition coefficient (Wildman–Crippen LogP) is 2.14. The first kappa shape index (κ1) is 13.5. The molecule has 106 valence electrons. The molecular formula is C16H17N5. The van der Waals surface area contributed by atoms with Crippen LogP contribution in [-0.2, 0) is 6.42 Å². The van der Waals surface area contributed by atoms with E-state index in [0.717, 1.165) is 29.1 Å². The highest BCUT2D eigenvalue weighted by molar-refractivity contribution is 5.60. The van der Waals surface area contributed by atoms with Crippen LogP contribution in [0.3, 0.4) is 0 Å². The first-order chi connectivity index (χ1) is 10.3. The van der Waals surface area contributed by atoms with Crippen molar-refractivity contribution in [3.05, 3.63) is 60.2 Å². The Bertz CT molecular complexity index is 730. The van der Waals surface area contributed by atoms with Gasteiger partial charge in [-0.05, 0) is 31.0 Å². The average Bonchev–Trinajstić information content (AvgIpc) is 2.95. The first-order valence-electron chi connectivity index (χ1n) is 6.89. The van der Waals surface area contributed by atoms with Crippen LogP contribution < -0.4 is 5.73 Å². The quantitative estimate of drug-likeness (QED) is 0.794. The van der Waals surface area contributed by atoms with Gasteiger partial charge in [-0.3, -0.25) is 0 Å². The van der Waals surface area contributed by atoms with Crippen molar-refractivity contribution in [2.45, 2.75) is 13.3 Å². The number of nitrogens with zero attached hydrogens (tertiary/aromatic N) is 4. The van der Waals surface area contributed by atoms with Gasteiger partial charge in [-0.15, -0.1) is 0 Å². The lowest BCUT2D eigenvalue weighted by atomic mass is 10.1. The number of rotatable bonds is 4. The Morgan fingerprint density at radius 2 is 1.95 bits per heavy atom. The van der Waals surface area contributed by atoms with Crippen LogP contribution in [-0.4, -0.2) is 26.3 Å². The minimum Gasteiger partial charge on any atom is -0.330 e. The third-order valence-corrected chi connectivity index (χ3v) is 3.28. The van der Waals surface area contributed by atoms with E-state index in [2.05, 4.69) is 39.3 Å². The molecule has 21 heavy (non-hydrogen) atoms. The van der Waals surface area contributed by atoms with Crippen LogP contribution in [0.4, 0.5) is 0 Å². The summed E-state index contributed by atoms with van der Waals surface area (Å²) in [5, 5.41) is 4.27. The molecule has 2 aromatic heterocycles. The molecular weight excluding hydrogens is 262 g/mol. The molecule has 3 aromatic rings. The first-order valence-corrected chi connectivity index (χ1v) is 6.89. The largest absolute Gasteiger partial charge is 0.330 e. The molecule has 2 heterocycles. The van der Waals surface area contributed by atoms with Crippen LogP contribution in [0.5, 0.6) is 0 Å². The van der Waals surface area contributed by atoms with E-state index in [-0.39, 0.29) is 0 Å². The van der Waals surface area contributed by atoms with Gasteiger partial charge in [0, 0.05) is 17.8 Å². The molecule has 0 saturated heterocycles. The minimum absolute atomic E-state index is 0.662. The van der Waals surface area contributed by atoms with Gasteiger partial charge < -0.3 is 5.73 Å². The van der Waals surface area contributed by atoms with E-state index in [1.165, 1.54) is 5.56 Å². The summed E-state index contributed by atoms with van der Waals surface area (Å²) in [4.78, 5) is 8.61. The fraction of sp³-hybridized carbons (Fsp3) is 0.188. The summed E-state index contributed by atoms with van der Waals surface area (Å²) in [6.07, 6.45) is 6.21. The topological polar surface area (TPSA) is 69.6 Å². The normalized spacial score (nSPS) is 10.8. The summed E-state index contributed by atoms with van der Waals surface area (Å²) in [5.74, 6) is 0.763. The molecule has 0 aliphatic carbocycles. The van der Waals surface area contributed by atoms with Crippen LogP contribution in [0.15, 0.2) is 49.1 Å². The second-order valence-electron chi connectivity index (χ2n) is 4.96. The number of hydrogen-bond acceptors (Lipinski definition) is 4. The van der Waals surface area contributed by atoms with E-state index in [1.54, 1.807) is 11.0 Å². The van der Waals surface area contributed by atoms with Crippen molar-refractivity contribution in [1.82, 2.24) is 19.7 Å². The van der Waals surface area contributed by atoms with Gasteiger partial charge in [0.25, 0.3) is 0 Å². The molecule has 5 heteroatoms. The fourth-order valence-corrected chi connectivity index (χ4v) is 2.18. The van der Waals surface area contributed by atoms with Gasteiger partial charge in [0.05, 0.1) is 11.9 Å². The number of hydrogen-bond donors (Lipinski definition) is 1. The molecule has 5 nitrogen and oxygen atoms in total. The van der Waals surface area contributed by atoms with Gasteiger partial charge in [-0.25, -0.2) is 14.6 Å². The van der Waals surface area contributed by atoms with Gasteiger partial charge in [-0.2, -0.15) is 5.10 Å². The summed E-state index contributed by atoms with van der Waals surface area (Å²) in [6.45, 7) is 2.66. The summed E-state index contributed by atoms with van der Waals surface area (Å²) in [7, 11) is 0. The highest BCUT2D eigenvalue weighted by Gasteiger charge is 2.05. The van der Waals surface area contributed by atoms with Gasteiger partial charge in [0.2, 0.25) is 0 Å². The fourth-order valence-electron chi connectivity index (χ4n) is 2.18. The SMILES string of the molecule is Cc1cnn(-c2cc(-c3ccc(CCN)cc3)ncn2)c1. The van der Waals surface area contributed by atoms with Gasteiger partial charge in [-0.1, -0.05) is 24.3 Å². The molecule has 2 N–H and O–H groups in total. The van der Waals surface area contributed by atoms with Crippen LogP contribution in [0.2, 0.25) is 0 Å².